The van der Waals surface area contributed by atoms with Crippen molar-refractivity contribution in [2.75, 3.05) is 25.1 Å². The van der Waals surface area contributed by atoms with Crippen molar-refractivity contribution in [1.82, 2.24) is 0 Å². The first-order valence-electron chi connectivity index (χ1n) is 6.42. The van der Waals surface area contributed by atoms with Crippen molar-refractivity contribution in [2.45, 2.75) is 20.3 Å². The molecule has 0 spiro atoms. The van der Waals surface area contributed by atoms with E-state index in [1.54, 1.807) is 25.1 Å². The van der Waals surface area contributed by atoms with Crippen LogP contribution in [0.5, 0.6) is 0 Å². The van der Waals surface area contributed by atoms with E-state index in [2.05, 4.69) is 21.2 Å². The number of esters is 1. The zero-order valence-electron chi connectivity index (χ0n) is 11.6. The Morgan fingerprint density at radius 2 is 2.05 bits per heavy atom. The number of hydrogen-bond donors (Lipinski definition) is 1. The number of carbonyl (C=O) groups is 2. The van der Waals surface area contributed by atoms with Gasteiger partial charge in [-0.2, -0.15) is 0 Å². The Morgan fingerprint density at radius 3 is 2.65 bits per heavy atom. The van der Waals surface area contributed by atoms with Crippen molar-refractivity contribution in [3.63, 3.8) is 0 Å². The zero-order chi connectivity index (χ0) is 15.0. The molecule has 0 aliphatic rings. The van der Waals surface area contributed by atoms with Gasteiger partial charge in [0.1, 0.15) is 6.61 Å². The summed E-state index contributed by atoms with van der Waals surface area (Å²) >= 11 is 3.31. The van der Waals surface area contributed by atoms with Gasteiger partial charge in [0.05, 0.1) is 17.9 Å². The molecule has 1 aromatic rings. The van der Waals surface area contributed by atoms with Gasteiger partial charge in [-0.25, -0.2) is 4.79 Å². The molecule has 0 heterocycles. The lowest BCUT2D eigenvalue weighted by atomic mass is 10.2. The second-order valence-electron chi connectivity index (χ2n) is 4.02. The van der Waals surface area contributed by atoms with E-state index in [9.17, 15) is 9.59 Å². The third kappa shape index (κ3) is 5.30. The summed E-state index contributed by atoms with van der Waals surface area (Å²) in [6.07, 6.45) is 0.866. The Morgan fingerprint density at radius 1 is 1.30 bits per heavy atom. The number of hydrogen-bond acceptors (Lipinski definition) is 4. The van der Waals surface area contributed by atoms with Crippen molar-refractivity contribution in [2.24, 2.45) is 0 Å². The van der Waals surface area contributed by atoms with Crippen LogP contribution in [0.4, 0.5) is 5.69 Å². The van der Waals surface area contributed by atoms with Gasteiger partial charge in [0.25, 0.3) is 0 Å². The maximum atomic E-state index is 11.6. The summed E-state index contributed by atoms with van der Waals surface area (Å²) in [6.45, 7) is 4.61. The van der Waals surface area contributed by atoms with Crippen LogP contribution in [-0.4, -0.2) is 31.7 Å². The van der Waals surface area contributed by atoms with Crippen LogP contribution in [0.3, 0.4) is 0 Å². The second kappa shape index (κ2) is 8.71. The van der Waals surface area contributed by atoms with Crippen molar-refractivity contribution in [3.05, 3.63) is 28.2 Å². The summed E-state index contributed by atoms with van der Waals surface area (Å²) in [6, 6.07) is 4.86. The van der Waals surface area contributed by atoms with Crippen LogP contribution in [-0.2, 0) is 14.3 Å². The lowest BCUT2D eigenvalue weighted by Crippen LogP contribution is -2.19. The van der Waals surface area contributed by atoms with Gasteiger partial charge in [0.2, 0.25) is 5.91 Å². The molecule has 1 amide bonds. The maximum Gasteiger partial charge on any atom is 0.338 e. The summed E-state index contributed by atoms with van der Waals surface area (Å²) in [5.74, 6) is -0.625. The van der Waals surface area contributed by atoms with E-state index >= 15 is 0 Å². The number of benzene rings is 1. The molecule has 0 aliphatic carbocycles. The maximum absolute atomic E-state index is 11.6. The Labute approximate surface area is 126 Å². The van der Waals surface area contributed by atoms with Crippen molar-refractivity contribution < 1.29 is 19.1 Å². The molecule has 5 nitrogen and oxygen atoms in total. The molecule has 0 atom stereocenters. The van der Waals surface area contributed by atoms with Crippen LogP contribution in [0.25, 0.3) is 0 Å². The molecule has 0 fully saturated rings. The monoisotopic (exact) mass is 343 g/mol. The first-order chi connectivity index (χ1) is 9.58. The van der Waals surface area contributed by atoms with E-state index < -0.39 is 5.97 Å². The fourth-order valence-electron chi connectivity index (χ4n) is 1.45. The van der Waals surface area contributed by atoms with Gasteiger partial charge >= 0.3 is 5.97 Å². The normalized spacial score (nSPS) is 10.2. The smallest absolute Gasteiger partial charge is 0.338 e. The van der Waals surface area contributed by atoms with E-state index in [1.807, 2.05) is 6.92 Å². The number of halogens is 1. The summed E-state index contributed by atoms with van der Waals surface area (Å²) in [7, 11) is 0. The lowest BCUT2D eigenvalue weighted by molar-refractivity contribution is -0.120. The summed E-state index contributed by atoms with van der Waals surface area (Å²) in [5.41, 5.74) is 1.02. The molecule has 20 heavy (non-hydrogen) atoms. The third-order valence-corrected chi connectivity index (χ3v) is 2.99. The molecule has 0 saturated heterocycles. The topological polar surface area (TPSA) is 64.6 Å². The molecule has 0 aliphatic heterocycles. The van der Waals surface area contributed by atoms with E-state index in [-0.39, 0.29) is 12.5 Å². The molecule has 1 rings (SSSR count). The van der Waals surface area contributed by atoms with Crippen molar-refractivity contribution in [3.8, 4) is 0 Å². The number of carbonyl (C=O) groups excluding carboxylic acids is 2. The summed E-state index contributed by atoms with van der Waals surface area (Å²) < 4.78 is 10.7. The van der Waals surface area contributed by atoms with E-state index in [0.717, 1.165) is 6.42 Å². The van der Waals surface area contributed by atoms with Crippen LogP contribution in [0, 0.1) is 0 Å². The number of rotatable bonds is 7. The summed E-state index contributed by atoms with van der Waals surface area (Å²) in [4.78, 5) is 23.2. The SMILES string of the molecule is CCCOCC(=O)Nc1ccc(C(=O)OCC)cc1Br. The molecule has 1 N–H and O–H groups in total. The molecule has 110 valence electrons. The Hall–Kier alpha value is -1.40. The van der Waals surface area contributed by atoms with Crippen LogP contribution in [0.2, 0.25) is 0 Å². The first-order valence-corrected chi connectivity index (χ1v) is 7.22. The predicted octanol–water partition coefficient (Wildman–Crippen LogP) is 2.99. The van der Waals surface area contributed by atoms with Gasteiger partial charge in [0, 0.05) is 11.1 Å². The van der Waals surface area contributed by atoms with Gasteiger partial charge in [0.15, 0.2) is 0 Å². The molecule has 0 saturated carbocycles. The molecule has 0 unspecified atom stereocenters. The summed E-state index contributed by atoms with van der Waals surface area (Å²) in [5, 5.41) is 2.70. The second-order valence-corrected chi connectivity index (χ2v) is 4.87. The predicted molar refractivity (Wildman–Crippen MR) is 79.8 cm³/mol. The first kappa shape index (κ1) is 16.7. The molecular formula is C14H18BrNO4. The average Bonchev–Trinajstić information content (AvgIpc) is 2.41. The quantitative estimate of drug-likeness (QED) is 0.610. The van der Waals surface area contributed by atoms with Gasteiger partial charge < -0.3 is 14.8 Å². The van der Waals surface area contributed by atoms with Crippen LogP contribution in [0.1, 0.15) is 30.6 Å². The van der Waals surface area contributed by atoms with E-state index in [1.165, 1.54) is 0 Å². The molecule has 0 aromatic heterocycles. The Bertz CT molecular complexity index is 476. The standard InChI is InChI=1S/C14H18BrNO4/c1-3-7-19-9-13(17)16-12-6-5-10(8-11(12)15)14(18)20-4-2/h5-6,8H,3-4,7,9H2,1-2H3,(H,16,17). The van der Waals surface area contributed by atoms with Crippen LogP contribution < -0.4 is 5.32 Å². The molecule has 1 aromatic carbocycles. The largest absolute Gasteiger partial charge is 0.462 e. The highest BCUT2D eigenvalue weighted by atomic mass is 79.9. The number of ether oxygens (including phenoxy) is 2. The minimum atomic E-state index is -0.391. The molecular weight excluding hydrogens is 326 g/mol. The zero-order valence-corrected chi connectivity index (χ0v) is 13.2. The Balaban J connectivity index is 2.64. The van der Waals surface area contributed by atoms with E-state index in [4.69, 9.17) is 9.47 Å². The molecule has 0 bridgehead atoms. The number of amides is 1. The third-order valence-electron chi connectivity index (χ3n) is 2.34. The van der Waals surface area contributed by atoms with Crippen LogP contribution >= 0.6 is 15.9 Å². The Kier molecular flexibility index (Phi) is 7.25. The highest BCUT2D eigenvalue weighted by molar-refractivity contribution is 9.10. The lowest BCUT2D eigenvalue weighted by Gasteiger charge is -2.09. The number of nitrogens with one attached hydrogen (secondary N) is 1. The van der Waals surface area contributed by atoms with Gasteiger partial charge in [-0.15, -0.1) is 0 Å². The minimum Gasteiger partial charge on any atom is -0.462 e. The number of anilines is 1. The van der Waals surface area contributed by atoms with Crippen molar-refractivity contribution in [1.29, 1.82) is 0 Å². The van der Waals surface area contributed by atoms with Crippen LogP contribution in [0.15, 0.2) is 22.7 Å². The average molecular weight is 344 g/mol. The fourth-order valence-corrected chi connectivity index (χ4v) is 1.93. The van der Waals surface area contributed by atoms with Gasteiger partial charge in [-0.05, 0) is 47.5 Å². The van der Waals surface area contributed by atoms with Gasteiger partial charge in [-0.1, -0.05) is 6.92 Å². The molecule has 0 radical (unpaired) electrons. The van der Waals surface area contributed by atoms with Gasteiger partial charge in [-0.3, -0.25) is 4.79 Å². The van der Waals surface area contributed by atoms with Crippen molar-refractivity contribution >= 4 is 33.5 Å². The minimum absolute atomic E-state index is 0.0138. The highest BCUT2D eigenvalue weighted by Gasteiger charge is 2.11. The molecule has 6 heteroatoms. The fraction of sp³-hybridized carbons (Fsp3) is 0.429. The highest BCUT2D eigenvalue weighted by Crippen LogP contribution is 2.24. The van der Waals surface area contributed by atoms with E-state index in [0.29, 0.717) is 28.9 Å².